The Morgan fingerprint density at radius 1 is 0.857 bits per heavy atom. The van der Waals surface area contributed by atoms with Crippen LogP contribution in [0.4, 0.5) is 0 Å². The molecule has 14 heteroatoms. The summed E-state index contributed by atoms with van der Waals surface area (Å²) in [6, 6.07) is 7.05. The van der Waals surface area contributed by atoms with Crippen LogP contribution in [-0.2, 0) is 20.2 Å². The summed E-state index contributed by atoms with van der Waals surface area (Å²) in [5.41, 5.74) is -1.46. The first-order chi connectivity index (χ1) is 11.9. The number of aliphatic hydroxyl groups excluding tert-OH is 1. The molecule has 0 aromatic heterocycles. The third kappa shape index (κ3) is 6.58. The molecule has 0 heterocycles. The Labute approximate surface area is 204 Å². The summed E-state index contributed by atoms with van der Waals surface area (Å²) >= 11 is 0. The Morgan fingerprint density at radius 2 is 1.39 bits per heavy atom. The van der Waals surface area contributed by atoms with Gasteiger partial charge in [-0.25, -0.2) is 16.8 Å². The first kappa shape index (κ1) is 27.6. The fourth-order valence-electron chi connectivity index (χ4n) is 2.18. The molecule has 0 saturated carbocycles. The van der Waals surface area contributed by atoms with Crippen LogP contribution in [0.2, 0.25) is 0 Å². The first-order valence-corrected chi connectivity index (χ1v) is 9.46. The van der Waals surface area contributed by atoms with Crippen LogP contribution in [0.1, 0.15) is 15.9 Å². The topological polar surface area (TPSA) is 181 Å². The van der Waals surface area contributed by atoms with E-state index in [4.69, 9.17) is 10.2 Å². The molecule has 0 bridgehead atoms. The normalized spacial score (nSPS) is 11.3. The molecule has 2 aromatic carbocycles. The molecule has 0 fully saturated rings. The molecule has 0 atom stereocenters. The number of carbonyl (C=O) groups is 1. The molecular formula is C14H10Na2O10S2. The molecule has 0 aliphatic heterocycles. The Balaban J connectivity index is 0.00000364. The summed E-state index contributed by atoms with van der Waals surface area (Å²) < 4.78 is 72.9. The van der Waals surface area contributed by atoms with E-state index in [-0.39, 0.29) is 59.1 Å². The maximum absolute atomic E-state index is 12.6. The van der Waals surface area contributed by atoms with E-state index in [0.717, 1.165) is 30.3 Å². The second kappa shape index (κ2) is 10.6. The maximum Gasteiger partial charge on any atom is 1.00 e. The number of ketones is 1. The van der Waals surface area contributed by atoms with E-state index in [1.165, 1.54) is 12.1 Å². The van der Waals surface area contributed by atoms with Gasteiger partial charge in [0.25, 0.3) is 0 Å². The third-order valence-corrected chi connectivity index (χ3v) is 4.92. The van der Waals surface area contributed by atoms with Gasteiger partial charge >= 0.3 is 65.6 Å². The van der Waals surface area contributed by atoms with Crippen molar-refractivity contribution in [3.63, 3.8) is 0 Å². The predicted octanol–water partition coefficient (Wildman–Crippen LogP) is -6.62. The van der Waals surface area contributed by atoms with Gasteiger partial charge in [0, 0.05) is 11.1 Å². The molecule has 0 aliphatic carbocycles. The molecule has 0 radical (unpaired) electrons. The summed E-state index contributed by atoms with van der Waals surface area (Å²) in [5, 5.41) is 17.6. The van der Waals surface area contributed by atoms with E-state index in [9.17, 15) is 30.7 Å². The monoisotopic (exact) mass is 448 g/mol. The zero-order valence-electron chi connectivity index (χ0n) is 14.6. The van der Waals surface area contributed by atoms with E-state index < -0.39 is 59.2 Å². The van der Waals surface area contributed by atoms with Gasteiger partial charge in [-0.15, -0.1) is 0 Å². The van der Waals surface area contributed by atoms with Gasteiger partial charge in [-0.1, -0.05) is 18.2 Å². The van der Waals surface area contributed by atoms with Crippen molar-refractivity contribution in [2.45, 2.75) is 16.3 Å². The molecule has 0 aliphatic rings. The molecule has 2 rings (SSSR count). The van der Waals surface area contributed by atoms with Crippen molar-refractivity contribution >= 4 is 26.0 Å². The number of carbonyl (C=O) groups excluding carboxylic acids is 1. The van der Waals surface area contributed by atoms with Crippen molar-refractivity contribution < 1.29 is 105 Å². The van der Waals surface area contributed by atoms with E-state index >= 15 is 0 Å². The van der Waals surface area contributed by atoms with Crippen LogP contribution < -0.4 is 63.9 Å². The molecule has 0 spiro atoms. The molecular weight excluding hydrogens is 438 g/mol. The zero-order chi connectivity index (χ0) is 19.7. The number of rotatable bonds is 6. The number of hydrogen-bond acceptors (Lipinski definition) is 10. The molecule has 2 aromatic rings. The van der Waals surface area contributed by atoms with Crippen molar-refractivity contribution in [3.05, 3.63) is 53.6 Å². The molecule has 0 amide bonds. The van der Waals surface area contributed by atoms with E-state index in [1.54, 1.807) is 0 Å². The molecule has 10 nitrogen and oxygen atoms in total. The van der Waals surface area contributed by atoms with E-state index in [2.05, 4.69) is 4.74 Å². The van der Waals surface area contributed by atoms with Crippen LogP contribution in [0, 0.1) is 0 Å². The van der Waals surface area contributed by atoms with Gasteiger partial charge in [-0.05, 0) is 24.3 Å². The number of ether oxygens (including phenoxy) is 1. The molecule has 140 valence electrons. The van der Waals surface area contributed by atoms with Crippen molar-refractivity contribution in [2.24, 2.45) is 0 Å². The van der Waals surface area contributed by atoms with Crippen molar-refractivity contribution in [1.82, 2.24) is 0 Å². The molecule has 0 unspecified atom stereocenters. The second-order valence-corrected chi connectivity index (χ2v) is 7.48. The number of aliphatic hydroxyl groups is 2. The minimum absolute atomic E-state index is 0. The number of hydrogen-bond donors (Lipinski definition) is 2. The van der Waals surface area contributed by atoms with Crippen molar-refractivity contribution in [1.29, 1.82) is 0 Å². The Morgan fingerprint density at radius 3 is 1.89 bits per heavy atom. The maximum atomic E-state index is 12.6. The average Bonchev–Trinajstić information content (AvgIpc) is 2.51. The van der Waals surface area contributed by atoms with Crippen LogP contribution in [-0.4, -0.2) is 48.4 Å². The van der Waals surface area contributed by atoms with Crippen LogP contribution >= 0.6 is 0 Å². The van der Waals surface area contributed by atoms with Crippen molar-refractivity contribution in [2.75, 3.05) is 0 Å². The standard InChI is InChI=1S/C14H12O10S2.2Na/c15-12(8-4-1-2-7-11(8)25(18,19)20)9-5-3-6-10(24-14(16)17)13(9)26(21,22)23;;/h1-7,14,16-17H,(H,18,19,20)(H,21,22,23);;/q;2*+1/p-2. The molecule has 28 heavy (non-hydrogen) atoms. The minimum Gasteiger partial charge on any atom is -0.744 e. The zero-order valence-corrected chi connectivity index (χ0v) is 20.2. The molecule has 2 N–H and O–H groups in total. The summed E-state index contributed by atoms with van der Waals surface area (Å²) in [5.74, 6) is -2.09. The van der Waals surface area contributed by atoms with E-state index in [1.807, 2.05) is 0 Å². The summed E-state index contributed by atoms with van der Waals surface area (Å²) in [7, 11) is -10.4. The van der Waals surface area contributed by atoms with E-state index in [0.29, 0.717) is 0 Å². The van der Waals surface area contributed by atoms with Gasteiger partial charge < -0.3 is 24.1 Å². The predicted molar refractivity (Wildman–Crippen MR) is 81.1 cm³/mol. The van der Waals surface area contributed by atoms with Gasteiger partial charge in [0.05, 0.1) is 4.90 Å². The fraction of sp³-hybridized carbons (Fsp3) is 0.0714. The largest absolute Gasteiger partial charge is 1.00 e. The van der Waals surface area contributed by atoms with Gasteiger partial charge in [0.1, 0.15) is 30.9 Å². The van der Waals surface area contributed by atoms with Crippen LogP contribution in [0.5, 0.6) is 5.75 Å². The average molecular weight is 448 g/mol. The Kier molecular flexibility index (Phi) is 10.5. The smallest absolute Gasteiger partial charge is 0.744 e. The molecule has 0 saturated heterocycles. The Bertz CT molecular complexity index is 1070. The van der Waals surface area contributed by atoms with Gasteiger partial charge in [0.2, 0.25) is 0 Å². The number of benzene rings is 2. The third-order valence-electron chi connectivity index (χ3n) is 3.11. The minimum atomic E-state index is -5.36. The van der Waals surface area contributed by atoms with Crippen LogP contribution in [0.3, 0.4) is 0 Å². The SMILES string of the molecule is O=C(c1ccccc1S(=O)(=O)[O-])c1cccc(OC(O)O)c1S(=O)(=O)[O-].[Na+].[Na+]. The fourth-order valence-corrected chi connectivity index (χ4v) is 3.64. The summed E-state index contributed by atoms with van der Waals surface area (Å²) in [6.45, 7) is -2.49. The van der Waals surface area contributed by atoms with Crippen LogP contribution in [0.25, 0.3) is 0 Å². The van der Waals surface area contributed by atoms with Crippen molar-refractivity contribution in [3.8, 4) is 5.75 Å². The summed E-state index contributed by atoms with van der Waals surface area (Å²) in [6.07, 6.45) is 0. The quantitative estimate of drug-likeness (QED) is 0.187. The van der Waals surface area contributed by atoms with Gasteiger partial charge in [-0.3, -0.25) is 4.79 Å². The summed E-state index contributed by atoms with van der Waals surface area (Å²) in [4.78, 5) is 10.5. The van der Waals surface area contributed by atoms with Gasteiger partial charge in [-0.2, -0.15) is 0 Å². The Hall–Kier alpha value is -0.350. The van der Waals surface area contributed by atoms with Crippen LogP contribution in [0.15, 0.2) is 52.3 Å². The van der Waals surface area contributed by atoms with Gasteiger partial charge in [0.15, 0.2) is 5.78 Å². The first-order valence-electron chi connectivity index (χ1n) is 6.64. The second-order valence-electron chi connectivity index (χ2n) is 4.81.